The molecule has 4 heteroatoms. The molecular formula is C25H28N2O2. The predicted octanol–water partition coefficient (Wildman–Crippen LogP) is 5.21. The molecule has 1 aliphatic rings. The van der Waals surface area contributed by atoms with Crippen molar-refractivity contribution in [2.24, 2.45) is 0 Å². The quantitative estimate of drug-likeness (QED) is 0.557. The highest BCUT2D eigenvalue weighted by Crippen LogP contribution is 2.39. The Labute approximate surface area is 173 Å². The summed E-state index contributed by atoms with van der Waals surface area (Å²) in [6.07, 6.45) is 2.59. The van der Waals surface area contributed by atoms with E-state index in [9.17, 15) is 0 Å². The molecule has 3 aromatic rings. The van der Waals surface area contributed by atoms with Gasteiger partial charge in [-0.25, -0.2) is 0 Å². The SMILES string of the molecule is COc1ccc(-c2c(OCCN3CCCC3)cc(C)nc2-c2ccccc2)cc1. The molecule has 4 rings (SSSR count). The first-order chi connectivity index (χ1) is 14.2. The van der Waals surface area contributed by atoms with Gasteiger partial charge in [0.15, 0.2) is 0 Å². The second-order valence-corrected chi connectivity index (χ2v) is 7.48. The molecule has 2 aromatic carbocycles. The van der Waals surface area contributed by atoms with E-state index in [0.29, 0.717) is 6.61 Å². The van der Waals surface area contributed by atoms with Crippen LogP contribution in [0.15, 0.2) is 60.7 Å². The third kappa shape index (κ3) is 4.60. The summed E-state index contributed by atoms with van der Waals surface area (Å²) in [6, 6.07) is 20.5. The van der Waals surface area contributed by atoms with Crippen molar-refractivity contribution in [1.82, 2.24) is 9.88 Å². The van der Waals surface area contributed by atoms with Crippen LogP contribution in [0.1, 0.15) is 18.5 Å². The number of methoxy groups -OCH3 is 1. The lowest BCUT2D eigenvalue weighted by Gasteiger charge is -2.19. The van der Waals surface area contributed by atoms with Crippen molar-refractivity contribution >= 4 is 0 Å². The standard InChI is InChI=1S/C25H28N2O2/c1-19-18-23(29-17-16-27-14-6-7-15-27)24(20-10-12-22(28-2)13-11-20)25(26-19)21-8-4-3-5-9-21/h3-5,8-13,18H,6-7,14-17H2,1-2H3. The number of likely N-dealkylation sites (tertiary alicyclic amines) is 1. The molecule has 1 fully saturated rings. The average Bonchev–Trinajstić information content (AvgIpc) is 3.28. The number of pyridine rings is 1. The van der Waals surface area contributed by atoms with Gasteiger partial charge in [-0.05, 0) is 50.6 Å². The molecule has 1 aromatic heterocycles. The highest BCUT2D eigenvalue weighted by Gasteiger charge is 2.18. The maximum Gasteiger partial charge on any atom is 0.131 e. The Morgan fingerprint density at radius 3 is 2.34 bits per heavy atom. The largest absolute Gasteiger partial charge is 0.497 e. The first-order valence-corrected chi connectivity index (χ1v) is 10.3. The summed E-state index contributed by atoms with van der Waals surface area (Å²) in [5.74, 6) is 1.73. The average molecular weight is 389 g/mol. The van der Waals surface area contributed by atoms with Crippen LogP contribution in [0.3, 0.4) is 0 Å². The van der Waals surface area contributed by atoms with Crippen molar-refractivity contribution < 1.29 is 9.47 Å². The zero-order valence-electron chi connectivity index (χ0n) is 17.2. The van der Waals surface area contributed by atoms with Crippen LogP contribution in [0, 0.1) is 6.92 Å². The molecule has 0 bridgehead atoms. The Bertz CT molecular complexity index is 933. The van der Waals surface area contributed by atoms with E-state index in [1.165, 1.54) is 25.9 Å². The summed E-state index contributed by atoms with van der Waals surface area (Å²) < 4.78 is 11.7. The molecule has 0 amide bonds. The highest BCUT2D eigenvalue weighted by molar-refractivity contribution is 5.85. The van der Waals surface area contributed by atoms with E-state index in [-0.39, 0.29) is 0 Å². The lowest BCUT2D eigenvalue weighted by molar-refractivity contribution is 0.238. The Hall–Kier alpha value is -2.85. The fraction of sp³-hybridized carbons (Fsp3) is 0.320. The van der Waals surface area contributed by atoms with E-state index < -0.39 is 0 Å². The summed E-state index contributed by atoms with van der Waals surface area (Å²) in [7, 11) is 1.69. The van der Waals surface area contributed by atoms with E-state index in [4.69, 9.17) is 14.5 Å². The number of hydrogen-bond donors (Lipinski definition) is 0. The number of rotatable bonds is 7. The van der Waals surface area contributed by atoms with Crippen molar-refractivity contribution in [3.63, 3.8) is 0 Å². The molecule has 2 heterocycles. The van der Waals surface area contributed by atoms with Crippen molar-refractivity contribution in [3.05, 3.63) is 66.4 Å². The number of hydrogen-bond acceptors (Lipinski definition) is 4. The Morgan fingerprint density at radius 2 is 1.66 bits per heavy atom. The van der Waals surface area contributed by atoms with Gasteiger partial charge in [0.05, 0.1) is 18.4 Å². The minimum Gasteiger partial charge on any atom is -0.497 e. The lowest BCUT2D eigenvalue weighted by Crippen LogP contribution is -2.25. The van der Waals surface area contributed by atoms with Crippen LogP contribution >= 0.6 is 0 Å². The van der Waals surface area contributed by atoms with E-state index in [1.54, 1.807) is 7.11 Å². The summed E-state index contributed by atoms with van der Waals surface area (Å²) in [5, 5.41) is 0. The van der Waals surface area contributed by atoms with Gasteiger partial charge in [-0.15, -0.1) is 0 Å². The maximum absolute atomic E-state index is 6.34. The first-order valence-electron chi connectivity index (χ1n) is 10.3. The van der Waals surface area contributed by atoms with Crippen LogP contribution in [0.4, 0.5) is 0 Å². The van der Waals surface area contributed by atoms with Gasteiger partial charge in [-0.3, -0.25) is 9.88 Å². The predicted molar refractivity (Wildman–Crippen MR) is 118 cm³/mol. The second-order valence-electron chi connectivity index (χ2n) is 7.48. The molecule has 0 atom stereocenters. The van der Waals surface area contributed by atoms with E-state index in [0.717, 1.165) is 46.1 Å². The summed E-state index contributed by atoms with van der Waals surface area (Å²) in [5.41, 5.74) is 5.11. The van der Waals surface area contributed by atoms with Crippen molar-refractivity contribution in [2.45, 2.75) is 19.8 Å². The molecule has 4 nitrogen and oxygen atoms in total. The Balaban J connectivity index is 1.72. The molecule has 0 unspecified atom stereocenters. The monoisotopic (exact) mass is 388 g/mol. The molecule has 0 saturated carbocycles. The van der Waals surface area contributed by atoms with Gasteiger partial charge in [-0.1, -0.05) is 42.5 Å². The van der Waals surface area contributed by atoms with Gasteiger partial charge in [0, 0.05) is 23.9 Å². The number of benzene rings is 2. The van der Waals surface area contributed by atoms with Crippen molar-refractivity contribution in [3.8, 4) is 33.9 Å². The maximum atomic E-state index is 6.34. The molecule has 0 spiro atoms. The number of nitrogens with zero attached hydrogens (tertiary/aromatic N) is 2. The fourth-order valence-corrected chi connectivity index (χ4v) is 3.89. The number of aromatic nitrogens is 1. The van der Waals surface area contributed by atoms with Crippen LogP contribution in [-0.4, -0.2) is 43.2 Å². The molecular weight excluding hydrogens is 360 g/mol. The van der Waals surface area contributed by atoms with Crippen LogP contribution in [0.25, 0.3) is 22.4 Å². The van der Waals surface area contributed by atoms with E-state index >= 15 is 0 Å². The third-order valence-electron chi connectivity index (χ3n) is 5.40. The summed E-state index contributed by atoms with van der Waals surface area (Å²) in [4.78, 5) is 7.36. The summed E-state index contributed by atoms with van der Waals surface area (Å²) >= 11 is 0. The zero-order valence-corrected chi connectivity index (χ0v) is 17.2. The smallest absolute Gasteiger partial charge is 0.131 e. The minimum absolute atomic E-state index is 0.681. The minimum atomic E-state index is 0.681. The number of aryl methyl sites for hydroxylation is 1. The second kappa shape index (κ2) is 9.10. The normalized spacial score (nSPS) is 14.1. The van der Waals surface area contributed by atoms with E-state index in [1.807, 2.05) is 37.3 Å². The molecule has 0 N–H and O–H groups in total. The highest BCUT2D eigenvalue weighted by atomic mass is 16.5. The van der Waals surface area contributed by atoms with Gasteiger partial charge in [0.1, 0.15) is 18.1 Å². The molecule has 1 aliphatic heterocycles. The van der Waals surface area contributed by atoms with Crippen LogP contribution in [0.2, 0.25) is 0 Å². The molecule has 0 radical (unpaired) electrons. The Morgan fingerprint density at radius 1 is 0.931 bits per heavy atom. The number of ether oxygens (including phenoxy) is 2. The van der Waals surface area contributed by atoms with E-state index in [2.05, 4.69) is 35.2 Å². The fourth-order valence-electron chi connectivity index (χ4n) is 3.89. The van der Waals surface area contributed by atoms with Crippen LogP contribution < -0.4 is 9.47 Å². The lowest BCUT2D eigenvalue weighted by atomic mass is 9.97. The molecule has 150 valence electrons. The van der Waals surface area contributed by atoms with Crippen LogP contribution in [0.5, 0.6) is 11.5 Å². The zero-order chi connectivity index (χ0) is 20.1. The van der Waals surface area contributed by atoms with Gasteiger partial charge < -0.3 is 9.47 Å². The molecule has 0 aliphatic carbocycles. The Kier molecular flexibility index (Phi) is 6.11. The van der Waals surface area contributed by atoms with Crippen LogP contribution in [-0.2, 0) is 0 Å². The summed E-state index contributed by atoms with van der Waals surface area (Å²) in [6.45, 7) is 6.03. The van der Waals surface area contributed by atoms with Gasteiger partial charge in [0.2, 0.25) is 0 Å². The van der Waals surface area contributed by atoms with Gasteiger partial charge >= 0.3 is 0 Å². The third-order valence-corrected chi connectivity index (χ3v) is 5.40. The van der Waals surface area contributed by atoms with Crippen molar-refractivity contribution in [1.29, 1.82) is 0 Å². The molecule has 29 heavy (non-hydrogen) atoms. The van der Waals surface area contributed by atoms with Crippen molar-refractivity contribution in [2.75, 3.05) is 33.4 Å². The first kappa shape index (κ1) is 19.5. The van der Waals surface area contributed by atoms with Gasteiger partial charge in [-0.2, -0.15) is 0 Å². The topological polar surface area (TPSA) is 34.6 Å². The van der Waals surface area contributed by atoms with Gasteiger partial charge in [0.25, 0.3) is 0 Å². The molecule has 1 saturated heterocycles.